The molecule has 0 bridgehead atoms. The maximum Gasteiger partial charge on any atom is 0.175 e. The van der Waals surface area contributed by atoms with Gasteiger partial charge in [0, 0.05) is 11.8 Å². The van der Waals surface area contributed by atoms with E-state index in [2.05, 4.69) is 17.4 Å². The van der Waals surface area contributed by atoms with Crippen molar-refractivity contribution in [2.24, 2.45) is 0 Å². The van der Waals surface area contributed by atoms with E-state index in [-0.39, 0.29) is 6.10 Å². The highest BCUT2D eigenvalue weighted by Gasteiger charge is 2.15. The van der Waals surface area contributed by atoms with E-state index in [0.717, 1.165) is 29.7 Å². The van der Waals surface area contributed by atoms with Gasteiger partial charge in [0.15, 0.2) is 11.3 Å². The van der Waals surface area contributed by atoms with Crippen molar-refractivity contribution in [3.63, 3.8) is 0 Å². The molecule has 3 aromatic rings. The second kappa shape index (κ2) is 6.46. The molecule has 0 spiro atoms. The van der Waals surface area contributed by atoms with Crippen molar-refractivity contribution in [1.82, 2.24) is 5.32 Å². The summed E-state index contributed by atoms with van der Waals surface area (Å²) in [5.74, 6) is 0.794. The van der Waals surface area contributed by atoms with Gasteiger partial charge in [0.1, 0.15) is 6.10 Å². The van der Waals surface area contributed by atoms with E-state index in [1.165, 1.54) is 5.56 Å². The molecule has 0 amide bonds. The quantitative estimate of drug-likeness (QED) is 0.736. The minimum atomic E-state index is 0.00866. The average molecular weight is 281 g/mol. The summed E-state index contributed by atoms with van der Waals surface area (Å²) in [6.07, 6.45) is 2.61. The van der Waals surface area contributed by atoms with Gasteiger partial charge in [-0.25, -0.2) is 0 Å². The molecule has 0 aliphatic rings. The Kier molecular flexibility index (Phi) is 4.22. The highest BCUT2D eigenvalue weighted by molar-refractivity contribution is 5.82. The number of hydrogen-bond acceptors (Lipinski definition) is 3. The van der Waals surface area contributed by atoms with Crippen LogP contribution in [0.15, 0.2) is 65.3 Å². The fraction of sp³-hybridized carbons (Fsp3) is 0.222. The molecule has 3 heteroatoms. The molecule has 1 heterocycles. The van der Waals surface area contributed by atoms with Crippen molar-refractivity contribution < 1.29 is 9.15 Å². The van der Waals surface area contributed by atoms with Gasteiger partial charge in [0.25, 0.3) is 0 Å². The Hall–Kier alpha value is -2.26. The van der Waals surface area contributed by atoms with Crippen LogP contribution in [0.1, 0.15) is 18.1 Å². The fourth-order valence-corrected chi connectivity index (χ4v) is 2.45. The minimum Gasteiger partial charge on any atom is -0.482 e. The van der Waals surface area contributed by atoms with Crippen molar-refractivity contribution in [3.05, 3.63) is 66.4 Å². The third kappa shape index (κ3) is 3.09. The third-order valence-electron chi connectivity index (χ3n) is 3.54. The van der Waals surface area contributed by atoms with Gasteiger partial charge >= 0.3 is 0 Å². The molecule has 0 unspecified atom stereocenters. The smallest absolute Gasteiger partial charge is 0.175 e. The zero-order chi connectivity index (χ0) is 14.5. The first kappa shape index (κ1) is 13.7. The van der Waals surface area contributed by atoms with Gasteiger partial charge in [-0.2, -0.15) is 0 Å². The van der Waals surface area contributed by atoms with Crippen LogP contribution < -0.4 is 10.1 Å². The molecule has 3 nitrogen and oxygen atoms in total. The van der Waals surface area contributed by atoms with Crippen LogP contribution in [0.3, 0.4) is 0 Å². The van der Waals surface area contributed by atoms with Crippen LogP contribution in [-0.2, 0) is 0 Å². The molecule has 0 radical (unpaired) electrons. The van der Waals surface area contributed by atoms with Crippen LogP contribution in [-0.4, -0.2) is 13.6 Å². The first-order valence-electron chi connectivity index (χ1n) is 7.21. The zero-order valence-corrected chi connectivity index (χ0v) is 12.1. The van der Waals surface area contributed by atoms with Gasteiger partial charge < -0.3 is 14.5 Å². The predicted molar refractivity (Wildman–Crippen MR) is 84.6 cm³/mol. The minimum absolute atomic E-state index is 0.00866. The number of hydrogen-bond donors (Lipinski definition) is 1. The standard InChI is InChI=1S/C18H19NO2/c1-19-12-10-16(14-6-3-2-4-7-14)21-17-9-5-8-15-11-13-20-18(15)17/h2-9,11,13,16,19H,10,12H2,1H3/t16-/m1/s1. The number of para-hydroxylation sites is 1. The average Bonchev–Trinajstić information content (AvgIpc) is 3.01. The van der Waals surface area contributed by atoms with Crippen molar-refractivity contribution in [2.45, 2.75) is 12.5 Å². The van der Waals surface area contributed by atoms with Crippen molar-refractivity contribution in [1.29, 1.82) is 0 Å². The molecule has 0 aliphatic carbocycles. The van der Waals surface area contributed by atoms with E-state index in [1.54, 1.807) is 6.26 Å². The van der Waals surface area contributed by atoms with Crippen LogP contribution in [0.25, 0.3) is 11.0 Å². The van der Waals surface area contributed by atoms with Gasteiger partial charge in [0.05, 0.1) is 6.26 Å². The van der Waals surface area contributed by atoms with Crippen LogP contribution in [0, 0.1) is 0 Å². The summed E-state index contributed by atoms with van der Waals surface area (Å²) in [7, 11) is 1.95. The maximum absolute atomic E-state index is 6.24. The SMILES string of the molecule is CNCC[C@@H](Oc1cccc2ccoc12)c1ccccc1. The molecule has 1 atom stereocenters. The second-order valence-corrected chi connectivity index (χ2v) is 5.00. The summed E-state index contributed by atoms with van der Waals surface area (Å²) in [4.78, 5) is 0. The Labute approximate surface area is 124 Å². The number of nitrogens with one attached hydrogen (secondary N) is 1. The van der Waals surface area contributed by atoms with Crippen molar-refractivity contribution >= 4 is 11.0 Å². The van der Waals surface area contributed by atoms with Crippen molar-refractivity contribution in [2.75, 3.05) is 13.6 Å². The zero-order valence-electron chi connectivity index (χ0n) is 12.1. The number of rotatable bonds is 6. The topological polar surface area (TPSA) is 34.4 Å². The Morgan fingerprint density at radius 3 is 2.71 bits per heavy atom. The second-order valence-electron chi connectivity index (χ2n) is 5.00. The molecule has 0 fully saturated rings. The first-order valence-corrected chi connectivity index (χ1v) is 7.21. The molecule has 0 aliphatic heterocycles. The molecule has 1 aromatic heterocycles. The van der Waals surface area contributed by atoms with E-state index in [9.17, 15) is 0 Å². The van der Waals surface area contributed by atoms with Gasteiger partial charge in [-0.3, -0.25) is 0 Å². The first-order chi connectivity index (χ1) is 10.4. The lowest BCUT2D eigenvalue weighted by Gasteiger charge is -2.19. The molecule has 1 N–H and O–H groups in total. The number of furan rings is 1. The van der Waals surface area contributed by atoms with Crippen LogP contribution in [0.4, 0.5) is 0 Å². The van der Waals surface area contributed by atoms with Crippen LogP contribution in [0.5, 0.6) is 5.75 Å². The molecule has 0 saturated carbocycles. The van der Waals surface area contributed by atoms with Gasteiger partial charge in [-0.1, -0.05) is 42.5 Å². The summed E-state index contributed by atoms with van der Waals surface area (Å²) in [5.41, 5.74) is 1.99. The normalized spacial score (nSPS) is 12.4. The van der Waals surface area contributed by atoms with E-state index < -0.39 is 0 Å². The number of fused-ring (bicyclic) bond motifs is 1. The molecule has 2 aromatic carbocycles. The Bertz CT molecular complexity index is 691. The fourth-order valence-electron chi connectivity index (χ4n) is 2.45. The lowest BCUT2D eigenvalue weighted by Crippen LogP contribution is -2.16. The Morgan fingerprint density at radius 2 is 1.90 bits per heavy atom. The third-order valence-corrected chi connectivity index (χ3v) is 3.54. The van der Waals surface area contributed by atoms with E-state index in [4.69, 9.17) is 9.15 Å². The molecule has 0 saturated heterocycles. The summed E-state index contributed by atoms with van der Waals surface area (Å²) < 4.78 is 11.8. The predicted octanol–water partition coefficient (Wildman–Crippen LogP) is 4.16. The largest absolute Gasteiger partial charge is 0.482 e. The number of benzene rings is 2. The Morgan fingerprint density at radius 1 is 1.05 bits per heavy atom. The molecule has 108 valence electrons. The Balaban J connectivity index is 1.89. The van der Waals surface area contributed by atoms with Crippen LogP contribution >= 0.6 is 0 Å². The summed E-state index contributed by atoms with van der Waals surface area (Å²) in [6, 6.07) is 18.2. The summed E-state index contributed by atoms with van der Waals surface area (Å²) in [6.45, 7) is 0.897. The van der Waals surface area contributed by atoms with E-state index >= 15 is 0 Å². The summed E-state index contributed by atoms with van der Waals surface area (Å²) in [5, 5.41) is 4.25. The molecular weight excluding hydrogens is 262 g/mol. The van der Waals surface area contributed by atoms with E-state index in [0.29, 0.717) is 0 Å². The number of ether oxygens (including phenoxy) is 1. The molecule has 21 heavy (non-hydrogen) atoms. The highest BCUT2D eigenvalue weighted by Crippen LogP contribution is 2.31. The lowest BCUT2D eigenvalue weighted by atomic mass is 10.1. The summed E-state index contributed by atoms with van der Waals surface area (Å²) >= 11 is 0. The lowest BCUT2D eigenvalue weighted by molar-refractivity contribution is 0.195. The van der Waals surface area contributed by atoms with Crippen LogP contribution in [0.2, 0.25) is 0 Å². The van der Waals surface area contributed by atoms with Gasteiger partial charge in [-0.05, 0) is 31.3 Å². The van der Waals surface area contributed by atoms with E-state index in [1.807, 2.05) is 49.5 Å². The molecule has 3 rings (SSSR count). The molecular formula is C18H19NO2. The van der Waals surface area contributed by atoms with Crippen molar-refractivity contribution in [3.8, 4) is 5.75 Å². The van der Waals surface area contributed by atoms with Gasteiger partial charge in [0.2, 0.25) is 0 Å². The highest BCUT2D eigenvalue weighted by atomic mass is 16.5. The van der Waals surface area contributed by atoms with Gasteiger partial charge in [-0.15, -0.1) is 0 Å². The monoisotopic (exact) mass is 281 g/mol. The maximum atomic E-state index is 6.24.